The van der Waals surface area contributed by atoms with Crippen molar-refractivity contribution in [3.63, 3.8) is 0 Å². The van der Waals surface area contributed by atoms with Gasteiger partial charge in [-0.1, -0.05) is 6.07 Å². The molecule has 0 spiro atoms. The highest BCUT2D eigenvalue weighted by atomic mass is 19.1. The van der Waals surface area contributed by atoms with Crippen LogP contribution in [0.2, 0.25) is 0 Å². The fourth-order valence-electron chi connectivity index (χ4n) is 4.87. The lowest BCUT2D eigenvalue weighted by Crippen LogP contribution is -2.39. The average Bonchev–Trinajstić information content (AvgIpc) is 3.46. The molecule has 1 aliphatic carbocycles. The molecule has 0 unspecified atom stereocenters. The zero-order valence-electron chi connectivity index (χ0n) is 19.1. The summed E-state index contributed by atoms with van der Waals surface area (Å²) >= 11 is 0. The zero-order chi connectivity index (χ0) is 24.4. The fourth-order valence-corrected chi connectivity index (χ4v) is 4.87. The zero-order valence-corrected chi connectivity index (χ0v) is 19.1. The van der Waals surface area contributed by atoms with Gasteiger partial charge in [0, 0.05) is 41.0 Å². The van der Waals surface area contributed by atoms with Crippen LogP contribution in [0, 0.1) is 11.6 Å². The van der Waals surface area contributed by atoms with Crippen LogP contribution in [0.25, 0.3) is 22.0 Å². The van der Waals surface area contributed by atoms with E-state index < -0.39 is 11.6 Å². The number of aromatic amines is 1. The third kappa shape index (κ3) is 5.19. The molecule has 4 aromatic rings. The van der Waals surface area contributed by atoms with Gasteiger partial charge in [0.15, 0.2) is 0 Å². The molecule has 4 N–H and O–H groups in total. The molecule has 0 bridgehead atoms. The van der Waals surface area contributed by atoms with E-state index in [0.29, 0.717) is 17.8 Å². The second-order valence-corrected chi connectivity index (χ2v) is 9.03. The van der Waals surface area contributed by atoms with Crippen LogP contribution >= 0.6 is 0 Å². The Bertz CT molecular complexity index is 1320. The number of halogens is 2. The van der Waals surface area contributed by atoms with E-state index in [1.54, 1.807) is 17.1 Å². The monoisotopic (exact) mass is 479 g/mol. The van der Waals surface area contributed by atoms with E-state index in [1.807, 2.05) is 24.4 Å². The van der Waals surface area contributed by atoms with Gasteiger partial charge < -0.3 is 20.7 Å². The molecule has 2 heterocycles. The first kappa shape index (κ1) is 23.0. The van der Waals surface area contributed by atoms with E-state index in [2.05, 4.69) is 20.7 Å². The van der Waals surface area contributed by atoms with Crippen molar-refractivity contribution in [1.82, 2.24) is 20.1 Å². The smallest absolute Gasteiger partial charge is 0.319 e. The van der Waals surface area contributed by atoms with E-state index in [4.69, 9.17) is 5.11 Å². The number of hydrogen-bond donors (Lipinski definition) is 4. The maximum Gasteiger partial charge on any atom is 0.319 e. The van der Waals surface area contributed by atoms with Crippen molar-refractivity contribution in [2.75, 3.05) is 11.9 Å². The summed E-state index contributed by atoms with van der Waals surface area (Å²) in [6.07, 6.45) is 8.38. The Morgan fingerprint density at radius 1 is 1.09 bits per heavy atom. The van der Waals surface area contributed by atoms with Gasteiger partial charge in [0.05, 0.1) is 25.0 Å². The van der Waals surface area contributed by atoms with Gasteiger partial charge >= 0.3 is 6.03 Å². The summed E-state index contributed by atoms with van der Waals surface area (Å²) in [5.41, 5.74) is 4.13. The molecule has 1 aliphatic rings. The van der Waals surface area contributed by atoms with E-state index >= 15 is 0 Å². The number of nitrogens with one attached hydrogen (secondary N) is 3. The molecule has 0 saturated heterocycles. The largest absolute Gasteiger partial charge is 0.394 e. The minimum Gasteiger partial charge on any atom is -0.394 e. The molecule has 2 aromatic carbocycles. The van der Waals surface area contributed by atoms with Gasteiger partial charge in [0.25, 0.3) is 0 Å². The second-order valence-electron chi connectivity index (χ2n) is 9.03. The normalized spacial score (nSPS) is 18.0. The molecular formula is C26H27F2N5O2. The highest BCUT2D eigenvalue weighted by Gasteiger charge is 2.24. The Labute approximate surface area is 201 Å². The van der Waals surface area contributed by atoms with Gasteiger partial charge in [-0.15, -0.1) is 0 Å². The molecule has 0 atom stereocenters. The van der Waals surface area contributed by atoms with Crippen LogP contribution in [-0.4, -0.2) is 38.6 Å². The van der Waals surface area contributed by atoms with E-state index in [1.165, 1.54) is 12.1 Å². The van der Waals surface area contributed by atoms with Crippen molar-refractivity contribution >= 4 is 22.6 Å². The third-order valence-electron chi connectivity index (χ3n) is 6.64. The number of benzene rings is 2. The van der Waals surface area contributed by atoms with Crippen LogP contribution in [0.5, 0.6) is 0 Å². The molecule has 2 amide bonds. The molecule has 35 heavy (non-hydrogen) atoms. The predicted molar refractivity (Wildman–Crippen MR) is 130 cm³/mol. The Morgan fingerprint density at radius 2 is 1.86 bits per heavy atom. The standard InChI is InChI=1S/C26H27F2N5O2/c27-20-9-18(10-21(28)12-20)16-1-4-22(5-2-16)31-26(35)32-25-14-29-24-6-3-17(11-23(24)25)19-13-30-33(15-19)7-8-34/h3,6,9-16,22,29,34H,1-2,4-5,7-8H2,(H2,31,32,35). The van der Waals surface area contributed by atoms with Crippen LogP contribution in [0.1, 0.15) is 37.2 Å². The van der Waals surface area contributed by atoms with Crippen molar-refractivity contribution in [3.05, 3.63) is 72.2 Å². The Morgan fingerprint density at radius 3 is 2.60 bits per heavy atom. The van der Waals surface area contributed by atoms with Gasteiger partial charge in [0.2, 0.25) is 0 Å². The van der Waals surface area contributed by atoms with Gasteiger partial charge in [-0.05, 0) is 67.0 Å². The van der Waals surface area contributed by atoms with Crippen molar-refractivity contribution in [1.29, 1.82) is 0 Å². The van der Waals surface area contributed by atoms with E-state index in [9.17, 15) is 13.6 Å². The average molecular weight is 480 g/mol. The van der Waals surface area contributed by atoms with Crippen LogP contribution in [0.15, 0.2) is 55.0 Å². The number of carbonyl (C=O) groups is 1. The molecular weight excluding hydrogens is 452 g/mol. The molecule has 0 aliphatic heterocycles. The number of amides is 2. The van der Waals surface area contributed by atoms with Gasteiger partial charge in [-0.3, -0.25) is 4.68 Å². The summed E-state index contributed by atoms with van der Waals surface area (Å²) in [4.78, 5) is 15.9. The number of aliphatic hydroxyl groups is 1. The molecule has 1 fully saturated rings. The summed E-state index contributed by atoms with van der Waals surface area (Å²) in [5.74, 6) is -1.02. The Kier molecular flexibility index (Phi) is 6.50. The molecule has 5 rings (SSSR count). The summed E-state index contributed by atoms with van der Waals surface area (Å²) < 4.78 is 28.8. The Hall–Kier alpha value is -3.72. The number of hydrogen-bond acceptors (Lipinski definition) is 3. The molecule has 2 aromatic heterocycles. The summed E-state index contributed by atoms with van der Waals surface area (Å²) in [6, 6.07) is 9.33. The minimum atomic E-state index is -0.555. The fraction of sp³-hybridized carbons (Fsp3) is 0.308. The van der Waals surface area contributed by atoms with Crippen molar-refractivity contribution < 1.29 is 18.7 Å². The molecule has 7 nitrogen and oxygen atoms in total. The number of H-pyrrole nitrogens is 1. The number of urea groups is 1. The highest BCUT2D eigenvalue weighted by Crippen LogP contribution is 2.34. The van der Waals surface area contributed by atoms with Crippen molar-refractivity contribution in [3.8, 4) is 11.1 Å². The maximum atomic E-state index is 13.6. The summed E-state index contributed by atoms with van der Waals surface area (Å²) in [5, 5.41) is 20.2. The topological polar surface area (TPSA) is 95.0 Å². The lowest BCUT2D eigenvalue weighted by Gasteiger charge is -2.29. The maximum absolute atomic E-state index is 13.6. The molecule has 182 valence electrons. The van der Waals surface area contributed by atoms with Crippen LogP contribution in [-0.2, 0) is 6.54 Å². The number of anilines is 1. The number of fused-ring (bicyclic) bond motifs is 1. The first-order valence-corrected chi connectivity index (χ1v) is 11.8. The van der Waals surface area contributed by atoms with Crippen molar-refractivity contribution in [2.45, 2.75) is 44.2 Å². The Balaban J connectivity index is 1.21. The lowest BCUT2D eigenvalue weighted by atomic mass is 9.81. The van der Waals surface area contributed by atoms with Crippen LogP contribution in [0.4, 0.5) is 19.3 Å². The van der Waals surface area contributed by atoms with Gasteiger partial charge in [-0.2, -0.15) is 5.10 Å². The first-order chi connectivity index (χ1) is 17.0. The third-order valence-corrected chi connectivity index (χ3v) is 6.64. The minimum absolute atomic E-state index is 0.00258. The number of aromatic nitrogens is 3. The number of nitrogens with zero attached hydrogens (tertiary/aromatic N) is 2. The van der Waals surface area contributed by atoms with Crippen molar-refractivity contribution in [2.24, 2.45) is 0 Å². The van der Waals surface area contributed by atoms with Gasteiger partial charge in [-0.25, -0.2) is 13.6 Å². The number of carbonyl (C=O) groups excluding carboxylic acids is 1. The van der Waals surface area contributed by atoms with E-state index in [-0.39, 0.29) is 24.6 Å². The molecule has 0 radical (unpaired) electrons. The highest BCUT2D eigenvalue weighted by molar-refractivity contribution is 6.02. The van der Waals surface area contributed by atoms with Crippen LogP contribution < -0.4 is 10.6 Å². The lowest BCUT2D eigenvalue weighted by molar-refractivity contribution is 0.242. The van der Waals surface area contributed by atoms with E-state index in [0.717, 1.165) is 53.8 Å². The quantitative estimate of drug-likeness (QED) is 0.308. The second kappa shape index (κ2) is 9.87. The summed E-state index contributed by atoms with van der Waals surface area (Å²) in [7, 11) is 0. The predicted octanol–water partition coefficient (Wildman–Crippen LogP) is 5.15. The van der Waals surface area contributed by atoms with Crippen LogP contribution in [0.3, 0.4) is 0 Å². The van der Waals surface area contributed by atoms with Gasteiger partial charge in [0.1, 0.15) is 11.6 Å². The SMILES string of the molecule is O=C(Nc1c[nH]c2ccc(-c3cnn(CCO)c3)cc12)NC1CCC(c2cc(F)cc(F)c2)CC1. The molecule has 9 heteroatoms. The number of rotatable bonds is 6. The molecule has 1 saturated carbocycles. The first-order valence-electron chi connectivity index (χ1n) is 11.8. The number of aliphatic hydroxyl groups excluding tert-OH is 1. The summed E-state index contributed by atoms with van der Waals surface area (Å²) in [6.45, 7) is 0.451.